The van der Waals surface area contributed by atoms with Gasteiger partial charge in [-0.1, -0.05) is 39.0 Å². The Morgan fingerprint density at radius 1 is 1.30 bits per heavy atom. The summed E-state index contributed by atoms with van der Waals surface area (Å²) in [6.45, 7) is 8.18. The standard InChI is InChI=1S/C24H29N3O2S/c1-5-16-8-7-9-17(6-2)21(16)26-22(28)15(4)27-13-25-23-20(24(27)29)18-11-10-14(3)12-19(18)30-23/h7-9,13-15H,5-6,10-12H2,1-4H3,(H,26,28). The molecule has 6 heteroatoms. The van der Waals surface area contributed by atoms with Crippen molar-refractivity contribution in [1.82, 2.24) is 9.55 Å². The highest BCUT2D eigenvalue weighted by molar-refractivity contribution is 7.18. The summed E-state index contributed by atoms with van der Waals surface area (Å²) in [5.74, 6) is 0.454. The summed E-state index contributed by atoms with van der Waals surface area (Å²) in [4.78, 5) is 33.1. The molecular weight excluding hydrogens is 394 g/mol. The highest BCUT2D eigenvalue weighted by atomic mass is 32.1. The van der Waals surface area contributed by atoms with Crippen LogP contribution in [-0.4, -0.2) is 15.5 Å². The van der Waals surface area contributed by atoms with Crippen LogP contribution in [0.2, 0.25) is 0 Å². The van der Waals surface area contributed by atoms with E-state index >= 15 is 0 Å². The minimum absolute atomic E-state index is 0.103. The first-order valence-electron chi connectivity index (χ1n) is 10.9. The van der Waals surface area contributed by atoms with Gasteiger partial charge in [-0.25, -0.2) is 4.98 Å². The van der Waals surface area contributed by atoms with E-state index in [2.05, 4.69) is 31.1 Å². The van der Waals surface area contributed by atoms with Crippen LogP contribution >= 0.6 is 11.3 Å². The minimum Gasteiger partial charge on any atom is -0.324 e. The summed E-state index contributed by atoms with van der Waals surface area (Å²) in [7, 11) is 0. The lowest BCUT2D eigenvalue weighted by Crippen LogP contribution is -2.32. The zero-order valence-electron chi connectivity index (χ0n) is 18.1. The molecule has 2 aromatic heterocycles. The number of aromatic nitrogens is 2. The Hall–Kier alpha value is -2.47. The third-order valence-corrected chi connectivity index (χ3v) is 7.45. The molecule has 0 aliphatic heterocycles. The highest BCUT2D eigenvalue weighted by Crippen LogP contribution is 2.35. The van der Waals surface area contributed by atoms with Crippen LogP contribution in [-0.2, 0) is 30.5 Å². The van der Waals surface area contributed by atoms with E-state index in [0.717, 1.165) is 59.3 Å². The van der Waals surface area contributed by atoms with Crippen LogP contribution in [0, 0.1) is 5.92 Å². The van der Waals surface area contributed by atoms with Crippen molar-refractivity contribution in [2.24, 2.45) is 5.92 Å². The van der Waals surface area contributed by atoms with Crippen molar-refractivity contribution in [2.45, 2.75) is 65.8 Å². The number of para-hydroxylation sites is 1. The van der Waals surface area contributed by atoms with E-state index in [9.17, 15) is 9.59 Å². The van der Waals surface area contributed by atoms with E-state index in [1.807, 2.05) is 18.2 Å². The lowest BCUT2D eigenvalue weighted by molar-refractivity contribution is -0.118. The molecule has 0 bridgehead atoms. The molecule has 30 heavy (non-hydrogen) atoms. The summed E-state index contributed by atoms with van der Waals surface area (Å²) >= 11 is 1.63. The molecule has 158 valence electrons. The molecule has 2 atom stereocenters. The van der Waals surface area contributed by atoms with Gasteiger partial charge in [0.25, 0.3) is 5.56 Å². The summed E-state index contributed by atoms with van der Waals surface area (Å²) in [5.41, 5.74) is 4.14. The molecule has 0 saturated carbocycles. The first kappa shape index (κ1) is 20.8. The van der Waals surface area contributed by atoms with Gasteiger partial charge >= 0.3 is 0 Å². The molecule has 4 rings (SSSR count). The summed E-state index contributed by atoms with van der Waals surface area (Å²) in [5, 5.41) is 3.81. The topological polar surface area (TPSA) is 64.0 Å². The fourth-order valence-electron chi connectivity index (χ4n) is 4.38. The van der Waals surface area contributed by atoms with Gasteiger partial charge in [0, 0.05) is 10.6 Å². The van der Waals surface area contributed by atoms with Crippen molar-refractivity contribution in [2.75, 3.05) is 5.32 Å². The average Bonchev–Trinajstić information content (AvgIpc) is 3.11. The Bertz CT molecular complexity index is 1140. The van der Waals surface area contributed by atoms with Gasteiger partial charge in [0.2, 0.25) is 5.91 Å². The predicted molar refractivity (Wildman–Crippen MR) is 124 cm³/mol. The van der Waals surface area contributed by atoms with E-state index in [-0.39, 0.29) is 11.5 Å². The monoisotopic (exact) mass is 423 g/mol. The highest BCUT2D eigenvalue weighted by Gasteiger charge is 2.25. The van der Waals surface area contributed by atoms with Gasteiger partial charge in [0.1, 0.15) is 10.9 Å². The maximum Gasteiger partial charge on any atom is 0.263 e. The number of thiophene rings is 1. The maximum absolute atomic E-state index is 13.3. The van der Waals surface area contributed by atoms with Crippen LogP contribution in [0.3, 0.4) is 0 Å². The Kier molecular flexibility index (Phi) is 5.78. The molecule has 1 aliphatic carbocycles. The predicted octanol–water partition coefficient (Wildman–Crippen LogP) is 4.91. The number of hydrogen-bond acceptors (Lipinski definition) is 4. The number of rotatable bonds is 5. The minimum atomic E-state index is -0.637. The third kappa shape index (κ3) is 3.58. The molecular formula is C24H29N3O2S. The number of aryl methyl sites for hydroxylation is 3. The Balaban J connectivity index is 1.69. The first-order chi connectivity index (χ1) is 14.4. The number of benzene rings is 1. The largest absolute Gasteiger partial charge is 0.324 e. The van der Waals surface area contributed by atoms with E-state index in [1.54, 1.807) is 18.3 Å². The van der Waals surface area contributed by atoms with Gasteiger partial charge in [-0.15, -0.1) is 11.3 Å². The second-order valence-electron chi connectivity index (χ2n) is 8.31. The van der Waals surface area contributed by atoms with E-state index in [4.69, 9.17) is 0 Å². The molecule has 1 aliphatic rings. The summed E-state index contributed by atoms with van der Waals surface area (Å²) in [6, 6.07) is 5.47. The number of carbonyl (C=O) groups excluding carboxylic acids is 1. The van der Waals surface area contributed by atoms with Crippen LogP contribution in [0.5, 0.6) is 0 Å². The number of nitrogens with zero attached hydrogens (tertiary/aromatic N) is 2. The second kappa shape index (κ2) is 8.34. The van der Waals surface area contributed by atoms with E-state index < -0.39 is 6.04 Å². The van der Waals surface area contributed by atoms with Crippen LogP contribution in [0.15, 0.2) is 29.3 Å². The molecule has 5 nitrogen and oxygen atoms in total. The van der Waals surface area contributed by atoms with E-state index in [1.165, 1.54) is 15.8 Å². The lowest BCUT2D eigenvalue weighted by atomic mass is 9.89. The van der Waals surface area contributed by atoms with Crippen molar-refractivity contribution < 1.29 is 4.79 Å². The molecule has 0 saturated heterocycles. The molecule has 0 spiro atoms. The van der Waals surface area contributed by atoms with Crippen LogP contribution in [0.1, 0.15) is 61.7 Å². The number of hydrogen-bond donors (Lipinski definition) is 1. The zero-order chi connectivity index (χ0) is 21.4. The van der Waals surface area contributed by atoms with Gasteiger partial charge in [0.05, 0.1) is 11.7 Å². The number of nitrogens with one attached hydrogen (secondary N) is 1. The van der Waals surface area contributed by atoms with Crippen LogP contribution in [0.25, 0.3) is 10.2 Å². The quantitative estimate of drug-likeness (QED) is 0.634. The summed E-state index contributed by atoms with van der Waals surface area (Å²) < 4.78 is 1.49. The molecule has 0 fully saturated rings. The van der Waals surface area contributed by atoms with Gasteiger partial charge in [-0.05, 0) is 61.6 Å². The molecule has 1 amide bonds. The van der Waals surface area contributed by atoms with Crippen molar-refractivity contribution in [3.63, 3.8) is 0 Å². The van der Waals surface area contributed by atoms with Gasteiger partial charge < -0.3 is 5.32 Å². The Labute approximate surface area is 181 Å². The van der Waals surface area contributed by atoms with Gasteiger partial charge in [-0.2, -0.15) is 0 Å². The van der Waals surface area contributed by atoms with Gasteiger partial charge in [-0.3, -0.25) is 14.2 Å². The molecule has 3 aromatic rings. The molecule has 0 radical (unpaired) electrons. The van der Waals surface area contributed by atoms with E-state index in [0.29, 0.717) is 11.3 Å². The molecule has 2 heterocycles. The van der Waals surface area contributed by atoms with Gasteiger partial charge in [0.15, 0.2) is 0 Å². The fourth-order valence-corrected chi connectivity index (χ4v) is 5.72. The van der Waals surface area contributed by atoms with Crippen molar-refractivity contribution in [3.05, 3.63) is 56.4 Å². The SMILES string of the molecule is CCc1cccc(CC)c1NC(=O)C(C)n1cnc2sc3c(c2c1=O)CCC(C)C3. The summed E-state index contributed by atoms with van der Waals surface area (Å²) in [6.07, 6.45) is 6.24. The fraction of sp³-hybridized carbons (Fsp3) is 0.458. The molecule has 1 aromatic carbocycles. The normalized spacial score (nSPS) is 17.0. The Morgan fingerprint density at radius 2 is 2.00 bits per heavy atom. The number of carbonyl (C=O) groups is 1. The first-order valence-corrected chi connectivity index (χ1v) is 11.7. The van der Waals surface area contributed by atoms with Crippen molar-refractivity contribution >= 4 is 33.1 Å². The van der Waals surface area contributed by atoms with Crippen LogP contribution < -0.4 is 10.9 Å². The Morgan fingerprint density at radius 3 is 2.67 bits per heavy atom. The van der Waals surface area contributed by atoms with Crippen molar-refractivity contribution in [1.29, 1.82) is 0 Å². The maximum atomic E-state index is 13.3. The molecule has 2 unspecified atom stereocenters. The zero-order valence-corrected chi connectivity index (χ0v) is 18.9. The average molecular weight is 424 g/mol. The lowest BCUT2D eigenvalue weighted by Gasteiger charge is -2.19. The van der Waals surface area contributed by atoms with Crippen LogP contribution in [0.4, 0.5) is 5.69 Å². The smallest absolute Gasteiger partial charge is 0.263 e. The molecule has 1 N–H and O–H groups in total. The third-order valence-electron chi connectivity index (χ3n) is 6.28. The van der Waals surface area contributed by atoms with Crippen molar-refractivity contribution in [3.8, 4) is 0 Å². The second-order valence-corrected chi connectivity index (χ2v) is 9.40. The number of amides is 1. The number of fused-ring (bicyclic) bond motifs is 3. The number of anilines is 1.